The van der Waals surface area contributed by atoms with E-state index in [1.165, 1.54) is 0 Å². The number of rotatable bonds is 2. The normalized spacial score (nSPS) is 25.3. The smallest absolute Gasteiger partial charge is 0.133 e. The van der Waals surface area contributed by atoms with Crippen LogP contribution in [-0.2, 0) is 10.8 Å². The van der Waals surface area contributed by atoms with Gasteiger partial charge in [0.1, 0.15) is 11.0 Å². The first kappa shape index (κ1) is 11.7. The van der Waals surface area contributed by atoms with Gasteiger partial charge in [-0.25, -0.2) is 4.98 Å². The predicted molar refractivity (Wildman–Crippen MR) is 68.2 cm³/mol. The fourth-order valence-electron chi connectivity index (χ4n) is 1.74. The van der Waals surface area contributed by atoms with E-state index in [0.29, 0.717) is 22.7 Å². The SMILES string of the molecule is Nc1cc(Cl)nc(NC2CCS(=O)CC2)c1. The monoisotopic (exact) mass is 259 g/mol. The van der Waals surface area contributed by atoms with Crippen LogP contribution in [0.15, 0.2) is 12.1 Å². The van der Waals surface area contributed by atoms with Crippen LogP contribution in [0, 0.1) is 0 Å². The van der Waals surface area contributed by atoms with Crippen LogP contribution in [0.2, 0.25) is 5.15 Å². The topological polar surface area (TPSA) is 68.0 Å². The van der Waals surface area contributed by atoms with E-state index in [1.807, 2.05) is 0 Å². The molecule has 1 fully saturated rings. The molecule has 0 saturated carbocycles. The maximum atomic E-state index is 11.2. The number of nitrogens with zero attached hydrogens (tertiary/aromatic N) is 1. The first-order valence-corrected chi connectivity index (χ1v) is 7.04. The Morgan fingerprint density at radius 3 is 2.75 bits per heavy atom. The molecule has 4 nitrogen and oxygen atoms in total. The molecule has 1 aromatic rings. The van der Waals surface area contributed by atoms with Gasteiger partial charge in [0, 0.05) is 40.1 Å². The van der Waals surface area contributed by atoms with E-state index in [0.717, 1.165) is 24.3 Å². The summed E-state index contributed by atoms with van der Waals surface area (Å²) in [5, 5.41) is 3.66. The quantitative estimate of drug-likeness (QED) is 0.793. The zero-order valence-corrected chi connectivity index (χ0v) is 10.4. The van der Waals surface area contributed by atoms with Crippen molar-refractivity contribution in [3.8, 4) is 0 Å². The number of aromatic nitrogens is 1. The van der Waals surface area contributed by atoms with E-state index in [1.54, 1.807) is 12.1 Å². The van der Waals surface area contributed by atoms with Crippen LogP contribution in [-0.4, -0.2) is 26.7 Å². The molecule has 0 unspecified atom stereocenters. The second-order valence-corrected chi connectivity index (χ2v) is 5.96. The minimum Gasteiger partial charge on any atom is -0.399 e. The summed E-state index contributed by atoms with van der Waals surface area (Å²) in [5.41, 5.74) is 6.27. The van der Waals surface area contributed by atoms with E-state index in [2.05, 4.69) is 10.3 Å². The lowest BCUT2D eigenvalue weighted by atomic mass is 10.1. The maximum absolute atomic E-state index is 11.2. The van der Waals surface area contributed by atoms with Gasteiger partial charge in [0.2, 0.25) is 0 Å². The van der Waals surface area contributed by atoms with Crippen molar-refractivity contribution in [1.29, 1.82) is 0 Å². The number of nitrogens with two attached hydrogens (primary N) is 1. The van der Waals surface area contributed by atoms with Gasteiger partial charge < -0.3 is 11.1 Å². The molecule has 0 bridgehead atoms. The first-order valence-electron chi connectivity index (χ1n) is 5.18. The van der Waals surface area contributed by atoms with Crippen molar-refractivity contribution >= 4 is 33.9 Å². The lowest BCUT2D eigenvalue weighted by Gasteiger charge is -2.23. The fourth-order valence-corrected chi connectivity index (χ4v) is 3.25. The first-order chi connectivity index (χ1) is 7.63. The zero-order valence-electron chi connectivity index (χ0n) is 8.78. The standard InChI is InChI=1S/C10H14ClN3OS/c11-9-5-7(12)6-10(14-9)13-8-1-3-16(15)4-2-8/h5-6,8H,1-4H2,(H3,12,13,14). The largest absolute Gasteiger partial charge is 0.399 e. The molecule has 0 atom stereocenters. The Hall–Kier alpha value is -0.810. The van der Waals surface area contributed by atoms with Crippen molar-refractivity contribution in [2.45, 2.75) is 18.9 Å². The molecule has 2 heterocycles. The molecule has 0 aromatic carbocycles. The molecule has 6 heteroatoms. The third kappa shape index (κ3) is 3.09. The van der Waals surface area contributed by atoms with Crippen LogP contribution in [0.3, 0.4) is 0 Å². The van der Waals surface area contributed by atoms with Gasteiger partial charge in [0.15, 0.2) is 0 Å². The Labute approximate surface area is 102 Å². The number of pyridine rings is 1. The summed E-state index contributed by atoms with van der Waals surface area (Å²) in [7, 11) is -0.639. The summed E-state index contributed by atoms with van der Waals surface area (Å²) in [6, 6.07) is 3.70. The molecule has 1 aromatic heterocycles. The highest BCUT2D eigenvalue weighted by Crippen LogP contribution is 2.19. The highest BCUT2D eigenvalue weighted by Gasteiger charge is 2.17. The Kier molecular flexibility index (Phi) is 3.66. The summed E-state index contributed by atoms with van der Waals surface area (Å²) in [5.74, 6) is 2.21. The number of nitrogen functional groups attached to an aromatic ring is 1. The Bertz CT molecular complexity index is 383. The average Bonchev–Trinajstić information content (AvgIpc) is 2.20. The molecule has 1 saturated heterocycles. The molecule has 1 aliphatic rings. The van der Waals surface area contributed by atoms with Crippen molar-refractivity contribution in [2.75, 3.05) is 22.6 Å². The Balaban J connectivity index is 2.00. The summed E-state index contributed by atoms with van der Waals surface area (Å²) >= 11 is 5.81. The third-order valence-electron chi connectivity index (χ3n) is 2.56. The van der Waals surface area contributed by atoms with Crippen molar-refractivity contribution < 1.29 is 4.21 Å². The fraction of sp³-hybridized carbons (Fsp3) is 0.500. The molecule has 0 spiro atoms. The van der Waals surface area contributed by atoms with Crippen molar-refractivity contribution in [2.24, 2.45) is 0 Å². The van der Waals surface area contributed by atoms with Crippen LogP contribution in [0.25, 0.3) is 0 Å². The van der Waals surface area contributed by atoms with E-state index >= 15 is 0 Å². The van der Waals surface area contributed by atoms with E-state index < -0.39 is 10.8 Å². The van der Waals surface area contributed by atoms with Gasteiger partial charge in [0.25, 0.3) is 0 Å². The zero-order chi connectivity index (χ0) is 11.5. The van der Waals surface area contributed by atoms with E-state index in [9.17, 15) is 4.21 Å². The molecule has 1 aliphatic heterocycles. The molecular weight excluding hydrogens is 246 g/mol. The number of hydrogen-bond donors (Lipinski definition) is 2. The Morgan fingerprint density at radius 2 is 2.12 bits per heavy atom. The lowest BCUT2D eigenvalue weighted by molar-refractivity contribution is 0.622. The summed E-state index contributed by atoms with van der Waals surface area (Å²) < 4.78 is 11.2. The second kappa shape index (κ2) is 5.01. The number of anilines is 2. The van der Waals surface area contributed by atoms with Crippen LogP contribution in [0.4, 0.5) is 11.5 Å². The second-order valence-electron chi connectivity index (χ2n) is 3.88. The number of hydrogen-bond acceptors (Lipinski definition) is 4. The molecule has 3 N–H and O–H groups in total. The third-order valence-corrected chi connectivity index (χ3v) is 4.13. The van der Waals surface area contributed by atoms with Gasteiger partial charge in [0.05, 0.1) is 0 Å². The summed E-state index contributed by atoms with van der Waals surface area (Å²) in [6.07, 6.45) is 1.81. The van der Waals surface area contributed by atoms with Gasteiger partial charge in [-0.3, -0.25) is 4.21 Å². The van der Waals surface area contributed by atoms with E-state index in [-0.39, 0.29) is 0 Å². The van der Waals surface area contributed by atoms with Crippen molar-refractivity contribution in [1.82, 2.24) is 4.98 Å². The van der Waals surface area contributed by atoms with Gasteiger partial charge in [-0.15, -0.1) is 0 Å². The van der Waals surface area contributed by atoms with Gasteiger partial charge >= 0.3 is 0 Å². The molecule has 88 valence electrons. The van der Waals surface area contributed by atoms with Crippen LogP contribution in [0.5, 0.6) is 0 Å². The molecule has 0 radical (unpaired) electrons. The minimum atomic E-state index is -0.639. The van der Waals surface area contributed by atoms with Crippen LogP contribution >= 0.6 is 11.6 Å². The molecule has 16 heavy (non-hydrogen) atoms. The van der Waals surface area contributed by atoms with Gasteiger partial charge in [-0.2, -0.15) is 0 Å². The van der Waals surface area contributed by atoms with Crippen LogP contribution in [0.1, 0.15) is 12.8 Å². The average molecular weight is 260 g/mol. The minimum absolute atomic E-state index is 0.322. The highest BCUT2D eigenvalue weighted by molar-refractivity contribution is 7.85. The molecule has 0 aliphatic carbocycles. The number of halogens is 1. The highest BCUT2D eigenvalue weighted by atomic mass is 35.5. The van der Waals surface area contributed by atoms with Gasteiger partial charge in [-0.05, 0) is 18.9 Å². The van der Waals surface area contributed by atoms with Crippen molar-refractivity contribution in [3.05, 3.63) is 17.3 Å². The van der Waals surface area contributed by atoms with Gasteiger partial charge in [-0.1, -0.05) is 11.6 Å². The summed E-state index contributed by atoms with van der Waals surface area (Å²) in [6.45, 7) is 0. The molecule has 0 amide bonds. The molecular formula is C10H14ClN3OS. The maximum Gasteiger partial charge on any atom is 0.133 e. The van der Waals surface area contributed by atoms with Crippen LogP contribution < -0.4 is 11.1 Å². The lowest BCUT2D eigenvalue weighted by Crippen LogP contribution is -2.29. The van der Waals surface area contributed by atoms with Crippen molar-refractivity contribution in [3.63, 3.8) is 0 Å². The molecule has 2 rings (SSSR count). The van der Waals surface area contributed by atoms with E-state index in [4.69, 9.17) is 17.3 Å². The Morgan fingerprint density at radius 1 is 1.44 bits per heavy atom. The predicted octanol–water partition coefficient (Wildman–Crippen LogP) is 1.64. The number of nitrogens with one attached hydrogen (secondary N) is 1. The summed E-state index contributed by atoms with van der Waals surface area (Å²) in [4.78, 5) is 4.15.